The SMILES string of the molecule is CCOC(=O)CCCC(=O)c1ccc(N[C@@H](Cc2cc3ccccc3[nH]2)C(=O)Nc2ccc(-c3cc4ccccc4o3)cc2)cc1. The topological polar surface area (TPSA) is 113 Å². The number of furan rings is 1. The minimum atomic E-state index is -0.616. The van der Waals surface area contributed by atoms with Crippen molar-refractivity contribution < 1.29 is 23.5 Å². The normalized spacial score (nSPS) is 11.8. The maximum Gasteiger partial charge on any atom is 0.305 e. The molecule has 1 atom stereocenters. The summed E-state index contributed by atoms with van der Waals surface area (Å²) in [5.41, 5.74) is 5.59. The van der Waals surface area contributed by atoms with Gasteiger partial charge in [0.25, 0.3) is 0 Å². The Morgan fingerprint density at radius 2 is 1.52 bits per heavy atom. The lowest BCUT2D eigenvalue weighted by Gasteiger charge is -2.19. The first kappa shape index (κ1) is 30.4. The molecule has 3 N–H and O–H groups in total. The van der Waals surface area contributed by atoms with Gasteiger partial charge in [-0.3, -0.25) is 14.4 Å². The molecule has 0 saturated heterocycles. The Hall–Kier alpha value is -5.63. The zero-order valence-corrected chi connectivity index (χ0v) is 25.5. The van der Waals surface area contributed by atoms with Crippen LogP contribution in [0.25, 0.3) is 33.2 Å². The monoisotopic (exact) mass is 613 g/mol. The second kappa shape index (κ2) is 14.0. The summed E-state index contributed by atoms with van der Waals surface area (Å²) in [6, 6.07) is 34.0. The fourth-order valence-electron chi connectivity index (χ4n) is 5.47. The Kier molecular flexibility index (Phi) is 9.24. The van der Waals surface area contributed by atoms with Crippen LogP contribution in [0.15, 0.2) is 114 Å². The molecule has 2 heterocycles. The standard InChI is InChI=1S/C38H35N3O5/c1-2-45-37(43)13-7-11-34(42)25-14-18-29(19-15-25)39-33(24-31-22-27-8-3-5-10-32(27)40-31)38(44)41-30-20-16-26(17-21-30)36-23-28-9-4-6-12-35(28)46-36/h3-6,8-10,12,14-23,33,39-40H,2,7,11,13,24H2,1H3,(H,41,44)/t33-/m0/s1. The molecule has 0 bridgehead atoms. The zero-order chi connectivity index (χ0) is 31.9. The number of Topliss-reactive ketones (excluding diaryl/α,β-unsaturated/α-hetero) is 1. The van der Waals surface area contributed by atoms with Gasteiger partial charge in [0.05, 0.1) is 6.61 Å². The maximum atomic E-state index is 13.7. The number of ether oxygens (including phenoxy) is 1. The molecule has 8 heteroatoms. The van der Waals surface area contributed by atoms with E-state index in [1.807, 2.05) is 78.9 Å². The molecule has 4 aromatic carbocycles. The summed E-state index contributed by atoms with van der Waals surface area (Å²) in [6.07, 6.45) is 1.31. The molecule has 0 fully saturated rings. The van der Waals surface area contributed by atoms with Crippen LogP contribution in [-0.4, -0.2) is 35.3 Å². The Labute approximate surface area is 266 Å². The number of carbonyl (C=O) groups excluding carboxylic acids is 3. The van der Waals surface area contributed by atoms with E-state index in [-0.39, 0.29) is 30.5 Å². The smallest absolute Gasteiger partial charge is 0.305 e. The summed E-state index contributed by atoms with van der Waals surface area (Å²) < 4.78 is 10.9. The Morgan fingerprint density at radius 1 is 0.804 bits per heavy atom. The number of rotatable bonds is 13. The van der Waals surface area contributed by atoms with Crippen LogP contribution in [0.3, 0.4) is 0 Å². The van der Waals surface area contributed by atoms with Crippen molar-refractivity contribution in [1.29, 1.82) is 0 Å². The van der Waals surface area contributed by atoms with Gasteiger partial charge in [0.1, 0.15) is 17.4 Å². The van der Waals surface area contributed by atoms with Gasteiger partial charge in [-0.1, -0.05) is 36.4 Å². The number of ketones is 1. The van der Waals surface area contributed by atoms with Gasteiger partial charge in [-0.2, -0.15) is 0 Å². The molecule has 1 amide bonds. The van der Waals surface area contributed by atoms with Crippen LogP contribution < -0.4 is 10.6 Å². The lowest BCUT2D eigenvalue weighted by atomic mass is 10.0. The molecule has 6 aromatic rings. The number of esters is 1. The van der Waals surface area contributed by atoms with Crippen molar-refractivity contribution in [3.8, 4) is 11.3 Å². The van der Waals surface area contributed by atoms with Crippen molar-refractivity contribution in [3.05, 3.63) is 120 Å². The van der Waals surface area contributed by atoms with Crippen molar-refractivity contribution in [3.63, 3.8) is 0 Å². The van der Waals surface area contributed by atoms with Gasteiger partial charge < -0.3 is 24.8 Å². The van der Waals surface area contributed by atoms with Crippen molar-refractivity contribution in [2.45, 2.75) is 38.6 Å². The van der Waals surface area contributed by atoms with E-state index >= 15 is 0 Å². The fourth-order valence-corrected chi connectivity index (χ4v) is 5.47. The number of para-hydroxylation sites is 2. The minimum absolute atomic E-state index is 0.0469. The number of carbonyl (C=O) groups is 3. The molecule has 8 nitrogen and oxygen atoms in total. The molecule has 0 saturated carbocycles. The predicted octanol–water partition coefficient (Wildman–Crippen LogP) is 8.16. The van der Waals surface area contributed by atoms with Crippen LogP contribution in [0.4, 0.5) is 11.4 Å². The molecule has 2 aromatic heterocycles. The summed E-state index contributed by atoms with van der Waals surface area (Å²) in [5, 5.41) is 8.52. The third kappa shape index (κ3) is 7.35. The number of aromatic nitrogens is 1. The summed E-state index contributed by atoms with van der Waals surface area (Å²) in [6.45, 7) is 2.09. The quantitative estimate of drug-likeness (QED) is 0.0895. The van der Waals surface area contributed by atoms with E-state index in [9.17, 15) is 14.4 Å². The second-order valence-electron chi connectivity index (χ2n) is 11.2. The van der Waals surface area contributed by atoms with Crippen molar-refractivity contribution in [2.24, 2.45) is 0 Å². The summed E-state index contributed by atoms with van der Waals surface area (Å²) in [5.74, 6) is 0.221. The molecule has 0 aliphatic carbocycles. The van der Waals surface area contributed by atoms with Crippen molar-refractivity contribution >= 4 is 50.9 Å². The largest absolute Gasteiger partial charge is 0.466 e. The highest BCUT2D eigenvalue weighted by molar-refractivity contribution is 5.98. The number of benzene rings is 4. The lowest BCUT2D eigenvalue weighted by Crippen LogP contribution is -2.36. The highest BCUT2D eigenvalue weighted by Gasteiger charge is 2.21. The molecule has 0 aliphatic heterocycles. The first-order chi connectivity index (χ1) is 22.4. The average molecular weight is 614 g/mol. The predicted molar refractivity (Wildman–Crippen MR) is 181 cm³/mol. The average Bonchev–Trinajstić information content (AvgIpc) is 3.69. The Balaban J connectivity index is 1.15. The van der Waals surface area contributed by atoms with E-state index < -0.39 is 6.04 Å². The van der Waals surface area contributed by atoms with Crippen LogP contribution in [-0.2, 0) is 20.7 Å². The van der Waals surface area contributed by atoms with Crippen LogP contribution in [0, 0.1) is 0 Å². The van der Waals surface area contributed by atoms with E-state index in [0.29, 0.717) is 36.4 Å². The molecular weight excluding hydrogens is 578 g/mol. The van der Waals surface area contributed by atoms with Gasteiger partial charge in [-0.05, 0) is 91.5 Å². The van der Waals surface area contributed by atoms with E-state index in [0.717, 1.165) is 38.9 Å². The Bertz CT molecular complexity index is 1910. The molecule has 6 rings (SSSR count). The number of anilines is 2. The lowest BCUT2D eigenvalue weighted by molar-refractivity contribution is -0.143. The first-order valence-electron chi connectivity index (χ1n) is 15.5. The molecule has 0 unspecified atom stereocenters. The summed E-state index contributed by atoms with van der Waals surface area (Å²) in [4.78, 5) is 41.4. The zero-order valence-electron chi connectivity index (χ0n) is 25.5. The van der Waals surface area contributed by atoms with Crippen LogP contribution in [0.5, 0.6) is 0 Å². The van der Waals surface area contributed by atoms with Crippen LogP contribution >= 0.6 is 0 Å². The van der Waals surface area contributed by atoms with Crippen molar-refractivity contribution in [1.82, 2.24) is 4.98 Å². The summed E-state index contributed by atoms with van der Waals surface area (Å²) in [7, 11) is 0. The number of hydrogen-bond donors (Lipinski definition) is 3. The van der Waals surface area contributed by atoms with Crippen LogP contribution in [0.2, 0.25) is 0 Å². The number of amides is 1. The highest BCUT2D eigenvalue weighted by Crippen LogP contribution is 2.29. The number of hydrogen-bond acceptors (Lipinski definition) is 6. The second-order valence-corrected chi connectivity index (χ2v) is 11.2. The molecule has 0 spiro atoms. The molecule has 46 heavy (non-hydrogen) atoms. The van der Waals surface area contributed by atoms with Gasteiger partial charge in [-0.25, -0.2) is 0 Å². The molecule has 0 radical (unpaired) electrons. The van der Waals surface area contributed by atoms with Gasteiger partial charge in [0, 0.05) is 58.4 Å². The number of fused-ring (bicyclic) bond motifs is 2. The van der Waals surface area contributed by atoms with Crippen LogP contribution in [0.1, 0.15) is 42.2 Å². The highest BCUT2D eigenvalue weighted by atomic mass is 16.5. The van der Waals surface area contributed by atoms with Crippen molar-refractivity contribution in [2.75, 3.05) is 17.2 Å². The minimum Gasteiger partial charge on any atom is -0.466 e. The first-order valence-corrected chi connectivity index (χ1v) is 15.5. The van der Waals surface area contributed by atoms with Gasteiger partial charge >= 0.3 is 5.97 Å². The van der Waals surface area contributed by atoms with E-state index in [1.165, 1.54) is 0 Å². The third-order valence-electron chi connectivity index (χ3n) is 7.83. The van der Waals surface area contributed by atoms with E-state index in [2.05, 4.69) is 21.7 Å². The molecule has 232 valence electrons. The number of nitrogens with one attached hydrogen (secondary N) is 3. The molecule has 0 aliphatic rings. The molecular formula is C38H35N3O5. The van der Waals surface area contributed by atoms with Gasteiger partial charge in [-0.15, -0.1) is 0 Å². The fraction of sp³-hybridized carbons (Fsp3) is 0.184. The summed E-state index contributed by atoms with van der Waals surface area (Å²) >= 11 is 0. The van der Waals surface area contributed by atoms with E-state index in [1.54, 1.807) is 31.2 Å². The number of aromatic amines is 1. The number of H-pyrrole nitrogens is 1. The third-order valence-corrected chi connectivity index (χ3v) is 7.83. The van der Waals surface area contributed by atoms with Gasteiger partial charge in [0.2, 0.25) is 5.91 Å². The Morgan fingerprint density at radius 3 is 2.26 bits per heavy atom. The van der Waals surface area contributed by atoms with Gasteiger partial charge in [0.15, 0.2) is 5.78 Å². The maximum absolute atomic E-state index is 13.7. The van der Waals surface area contributed by atoms with E-state index in [4.69, 9.17) is 9.15 Å².